The summed E-state index contributed by atoms with van der Waals surface area (Å²) in [6.07, 6.45) is 9.57. The number of amides is 1. The molecule has 3 aromatic rings. The maximum atomic E-state index is 13.1. The van der Waals surface area contributed by atoms with Gasteiger partial charge in [-0.05, 0) is 30.0 Å². The molecule has 6 rings (SSSR count). The molecule has 0 atom stereocenters. The monoisotopic (exact) mass is 437 g/mol. The van der Waals surface area contributed by atoms with Crippen LogP contribution in [0.4, 0.5) is 5.95 Å². The molecule has 0 fully saturated rings. The number of nitrogens with zero attached hydrogens (tertiary/aromatic N) is 6. The second kappa shape index (κ2) is 8.20. The van der Waals surface area contributed by atoms with E-state index >= 15 is 0 Å². The number of hydrogen-bond donors (Lipinski definition) is 1. The summed E-state index contributed by atoms with van der Waals surface area (Å²) >= 11 is 0. The predicted molar refractivity (Wildman–Crippen MR) is 126 cm³/mol. The molecule has 0 saturated carbocycles. The fourth-order valence-corrected chi connectivity index (χ4v) is 4.73. The molecule has 0 radical (unpaired) electrons. The van der Waals surface area contributed by atoms with E-state index in [1.54, 1.807) is 18.6 Å². The molecule has 1 aromatic carbocycles. The Bertz CT molecular complexity index is 1270. The third-order valence-corrected chi connectivity index (χ3v) is 6.42. The first-order chi connectivity index (χ1) is 16.2. The van der Waals surface area contributed by atoms with Crippen molar-refractivity contribution in [3.8, 4) is 0 Å². The summed E-state index contributed by atoms with van der Waals surface area (Å²) in [6, 6.07) is 10.7. The highest BCUT2D eigenvalue weighted by molar-refractivity contribution is 6.39. The van der Waals surface area contributed by atoms with Crippen molar-refractivity contribution in [3.05, 3.63) is 82.4 Å². The van der Waals surface area contributed by atoms with E-state index in [1.807, 2.05) is 17.2 Å². The van der Waals surface area contributed by atoms with Gasteiger partial charge in [-0.3, -0.25) is 19.8 Å². The van der Waals surface area contributed by atoms with Gasteiger partial charge in [0, 0.05) is 61.5 Å². The summed E-state index contributed by atoms with van der Waals surface area (Å²) in [4.78, 5) is 37.0. The van der Waals surface area contributed by atoms with Gasteiger partial charge in [-0.2, -0.15) is 0 Å². The second-order valence-electron chi connectivity index (χ2n) is 8.62. The Labute approximate surface area is 191 Å². The van der Waals surface area contributed by atoms with Crippen molar-refractivity contribution < 1.29 is 4.79 Å². The summed E-state index contributed by atoms with van der Waals surface area (Å²) in [6.45, 7) is 1.54. The van der Waals surface area contributed by atoms with Gasteiger partial charge < -0.3 is 10.2 Å². The van der Waals surface area contributed by atoms with E-state index in [0.717, 1.165) is 35.4 Å². The lowest BCUT2D eigenvalue weighted by Crippen LogP contribution is -2.36. The molecule has 33 heavy (non-hydrogen) atoms. The number of rotatable bonds is 4. The molecule has 8 heteroatoms. The van der Waals surface area contributed by atoms with Gasteiger partial charge in [0.05, 0.1) is 17.0 Å². The van der Waals surface area contributed by atoms with E-state index in [4.69, 9.17) is 4.98 Å². The van der Waals surface area contributed by atoms with E-state index in [9.17, 15) is 4.79 Å². The van der Waals surface area contributed by atoms with Crippen LogP contribution in [-0.4, -0.2) is 56.9 Å². The average molecular weight is 438 g/mol. The van der Waals surface area contributed by atoms with E-state index in [-0.39, 0.29) is 5.91 Å². The zero-order valence-corrected chi connectivity index (χ0v) is 18.1. The summed E-state index contributed by atoms with van der Waals surface area (Å²) < 4.78 is 0. The van der Waals surface area contributed by atoms with Crippen LogP contribution >= 0.6 is 0 Å². The fourth-order valence-electron chi connectivity index (χ4n) is 4.73. The van der Waals surface area contributed by atoms with E-state index < -0.39 is 0 Å². The molecule has 4 heterocycles. The van der Waals surface area contributed by atoms with Crippen molar-refractivity contribution in [2.75, 3.05) is 18.5 Å². The van der Waals surface area contributed by atoms with Gasteiger partial charge >= 0.3 is 0 Å². The van der Waals surface area contributed by atoms with Crippen LogP contribution in [0.15, 0.2) is 58.9 Å². The zero-order chi connectivity index (χ0) is 22.2. The van der Waals surface area contributed by atoms with Crippen molar-refractivity contribution in [2.24, 2.45) is 9.98 Å². The molecule has 2 aliphatic heterocycles. The maximum absolute atomic E-state index is 13.1. The number of benzene rings is 1. The molecule has 164 valence electrons. The molecule has 1 amide bonds. The number of aliphatic imine (C=N–C) groups is 2. The minimum atomic E-state index is -0.0449. The first-order valence-electron chi connectivity index (χ1n) is 11.2. The van der Waals surface area contributed by atoms with Gasteiger partial charge in [-0.25, -0.2) is 9.97 Å². The molecule has 2 aromatic heterocycles. The largest absolute Gasteiger partial charge is 0.351 e. The zero-order valence-electron chi connectivity index (χ0n) is 18.1. The van der Waals surface area contributed by atoms with E-state index in [1.165, 1.54) is 11.1 Å². The van der Waals surface area contributed by atoms with Crippen LogP contribution in [0.5, 0.6) is 0 Å². The van der Waals surface area contributed by atoms with Gasteiger partial charge in [0.1, 0.15) is 6.67 Å². The predicted octanol–water partition coefficient (Wildman–Crippen LogP) is 2.48. The fraction of sp³-hybridized carbons (Fsp3) is 0.280. The number of aromatic nitrogens is 3. The minimum absolute atomic E-state index is 0.0449. The van der Waals surface area contributed by atoms with Crippen molar-refractivity contribution in [3.63, 3.8) is 0 Å². The first kappa shape index (κ1) is 19.7. The van der Waals surface area contributed by atoms with Gasteiger partial charge in [-0.15, -0.1) is 0 Å². The second-order valence-corrected chi connectivity index (χ2v) is 8.62. The van der Waals surface area contributed by atoms with Gasteiger partial charge in [-0.1, -0.05) is 24.3 Å². The molecule has 0 saturated heterocycles. The molecule has 0 bridgehead atoms. The lowest BCUT2D eigenvalue weighted by atomic mass is 10.1. The Kier molecular flexibility index (Phi) is 4.90. The smallest absolute Gasteiger partial charge is 0.255 e. The number of nitrogens with one attached hydrogen (secondary N) is 1. The Hall–Kier alpha value is -3.94. The number of pyridine rings is 1. The summed E-state index contributed by atoms with van der Waals surface area (Å²) in [5, 5.41) is 3.50. The van der Waals surface area contributed by atoms with Crippen LogP contribution in [0.2, 0.25) is 0 Å². The maximum Gasteiger partial charge on any atom is 0.255 e. The molecule has 3 aliphatic rings. The van der Waals surface area contributed by atoms with Crippen LogP contribution in [0, 0.1) is 0 Å². The van der Waals surface area contributed by atoms with Crippen LogP contribution in [0.25, 0.3) is 0 Å². The quantitative estimate of drug-likeness (QED) is 0.677. The Morgan fingerprint density at radius 3 is 2.70 bits per heavy atom. The van der Waals surface area contributed by atoms with Crippen molar-refractivity contribution in [2.45, 2.75) is 31.8 Å². The van der Waals surface area contributed by atoms with Gasteiger partial charge in [0.15, 0.2) is 0 Å². The van der Waals surface area contributed by atoms with Gasteiger partial charge in [0.25, 0.3) is 5.91 Å². The van der Waals surface area contributed by atoms with E-state index in [0.29, 0.717) is 43.7 Å². The third-order valence-electron chi connectivity index (χ3n) is 6.42. The molecule has 0 unspecified atom stereocenters. The Balaban J connectivity index is 1.14. The number of fused-ring (bicyclic) bond motifs is 2. The van der Waals surface area contributed by atoms with Crippen LogP contribution in [0.1, 0.15) is 38.3 Å². The number of carbonyl (C=O) groups excluding carboxylic acids is 1. The minimum Gasteiger partial charge on any atom is -0.351 e. The summed E-state index contributed by atoms with van der Waals surface area (Å²) in [5.41, 5.74) is 6.93. The Morgan fingerprint density at radius 1 is 1.06 bits per heavy atom. The van der Waals surface area contributed by atoms with Crippen molar-refractivity contribution in [1.29, 1.82) is 0 Å². The standard InChI is InChI=1S/C25H23N7O/c33-24(19-7-18(10-26-11-19)23-13-27-15-29-23)32-6-5-22-20(14-32)12-28-25(31-22)30-21-8-16-3-1-2-4-17(16)9-21/h1-4,7,10-13,21H,5-6,8-9,14-15H2,(H,28,30,31). The normalized spacial score (nSPS) is 17.0. The van der Waals surface area contributed by atoms with Crippen LogP contribution < -0.4 is 5.32 Å². The lowest BCUT2D eigenvalue weighted by Gasteiger charge is -2.28. The molecular weight excluding hydrogens is 414 g/mol. The average Bonchev–Trinajstić information content (AvgIpc) is 3.53. The lowest BCUT2D eigenvalue weighted by molar-refractivity contribution is 0.0733. The highest BCUT2D eigenvalue weighted by Crippen LogP contribution is 2.25. The number of carbonyl (C=O) groups is 1. The SMILES string of the molecule is O=C(c1cncc(C2=NCN=C2)c1)N1CCc2nc(NC3Cc4ccccc4C3)ncc2C1. The third kappa shape index (κ3) is 3.88. The Morgan fingerprint density at radius 2 is 1.91 bits per heavy atom. The number of anilines is 1. The van der Waals surface area contributed by atoms with E-state index in [2.05, 4.69) is 49.5 Å². The summed E-state index contributed by atoms with van der Waals surface area (Å²) in [7, 11) is 0. The van der Waals surface area contributed by atoms with Crippen LogP contribution in [-0.2, 0) is 25.8 Å². The molecule has 0 spiro atoms. The van der Waals surface area contributed by atoms with Crippen molar-refractivity contribution >= 4 is 23.8 Å². The molecule has 1 N–H and O–H groups in total. The molecule has 1 aliphatic carbocycles. The highest BCUT2D eigenvalue weighted by Gasteiger charge is 2.25. The van der Waals surface area contributed by atoms with Gasteiger partial charge in [0.2, 0.25) is 5.95 Å². The topological polar surface area (TPSA) is 95.7 Å². The van der Waals surface area contributed by atoms with Crippen LogP contribution in [0.3, 0.4) is 0 Å². The highest BCUT2D eigenvalue weighted by atomic mass is 16.2. The van der Waals surface area contributed by atoms with Crippen molar-refractivity contribution in [1.82, 2.24) is 19.9 Å². The summed E-state index contributed by atoms with van der Waals surface area (Å²) in [5.74, 6) is 0.624. The molecule has 8 nitrogen and oxygen atoms in total. The number of hydrogen-bond acceptors (Lipinski definition) is 7. The first-order valence-corrected chi connectivity index (χ1v) is 11.2. The molecular formula is C25H23N7O.